The molecule has 0 unspecified atom stereocenters. The molecule has 20 heavy (non-hydrogen) atoms. The Bertz CT molecular complexity index is 888. The van der Waals surface area contributed by atoms with Gasteiger partial charge in [0.15, 0.2) is 16.4 Å². The van der Waals surface area contributed by atoms with Gasteiger partial charge in [0.05, 0.1) is 11.2 Å². The predicted octanol–water partition coefficient (Wildman–Crippen LogP) is 5.38. The largest absolute Gasteiger partial charge is 0.330 e. The van der Waals surface area contributed by atoms with Crippen molar-refractivity contribution in [3.63, 3.8) is 0 Å². The topological polar surface area (TPSA) is 20.7 Å². The van der Waals surface area contributed by atoms with Crippen molar-refractivity contribution in [1.82, 2.24) is 9.55 Å². The molecule has 0 spiro atoms. The number of hydrogen-bond acceptors (Lipinski definition) is 1. The average molecular weight is 376 g/mol. The smallest absolute Gasteiger partial charge is 0.184 e. The molecule has 0 amide bonds. The Balaban J connectivity index is 2.44. The van der Waals surface area contributed by atoms with Gasteiger partial charge in [0.2, 0.25) is 0 Å². The Morgan fingerprint density at radius 1 is 1.20 bits per heavy atom. The Morgan fingerprint density at radius 3 is 2.65 bits per heavy atom. The number of hydrogen-bond donors (Lipinski definition) is 1. The number of fused-ring (bicyclic) bond motifs is 1. The van der Waals surface area contributed by atoms with E-state index in [0.717, 1.165) is 6.07 Å². The first-order valence-corrected chi connectivity index (χ1v) is 7.11. The molecule has 0 aliphatic rings. The Labute approximate surface area is 131 Å². The summed E-state index contributed by atoms with van der Waals surface area (Å²) in [6, 6.07) is 7.50. The van der Waals surface area contributed by atoms with Gasteiger partial charge in [-0.3, -0.25) is 4.57 Å². The molecule has 3 rings (SSSR count). The van der Waals surface area contributed by atoms with Crippen molar-refractivity contribution in [2.24, 2.45) is 0 Å². The molecule has 0 aliphatic heterocycles. The summed E-state index contributed by atoms with van der Waals surface area (Å²) in [6.07, 6.45) is 0. The van der Waals surface area contributed by atoms with Crippen LogP contribution in [0, 0.1) is 16.4 Å². The monoisotopic (exact) mass is 374 g/mol. The quantitative estimate of drug-likeness (QED) is 0.566. The number of halogens is 4. The van der Waals surface area contributed by atoms with Crippen LogP contribution in [0.15, 0.2) is 34.8 Å². The van der Waals surface area contributed by atoms with Gasteiger partial charge in [-0.25, -0.2) is 8.78 Å². The van der Waals surface area contributed by atoms with Gasteiger partial charge in [0, 0.05) is 9.50 Å². The predicted molar refractivity (Wildman–Crippen MR) is 81.1 cm³/mol. The fourth-order valence-corrected chi connectivity index (χ4v) is 3.18. The van der Waals surface area contributed by atoms with E-state index in [2.05, 4.69) is 20.9 Å². The summed E-state index contributed by atoms with van der Waals surface area (Å²) in [5.41, 5.74) is 1.07. The van der Waals surface area contributed by atoms with Crippen LogP contribution in [0.2, 0.25) is 5.02 Å². The molecule has 0 saturated carbocycles. The van der Waals surface area contributed by atoms with Gasteiger partial charge in [-0.05, 0) is 58.5 Å². The van der Waals surface area contributed by atoms with Crippen LogP contribution in [0.4, 0.5) is 8.78 Å². The molecule has 2 nitrogen and oxygen atoms in total. The van der Waals surface area contributed by atoms with Gasteiger partial charge in [-0.15, -0.1) is 0 Å². The van der Waals surface area contributed by atoms with Gasteiger partial charge < -0.3 is 4.98 Å². The molecule has 3 aromatic rings. The first-order valence-electron chi connectivity index (χ1n) is 5.53. The normalized spacial score (nSPS) is 11.2. The molecule has 1 aromatic heterocycles. The maximum atomic E-state index is 14.1. The Kier molecular flexibility index (Phi) is 3.40. The van der Waals surface area contributed by atoms with Gasteiger partial charge >= 0.3 is 0 Å². The zero-order valence-electron chi connectivity index (χ0n) is 9.75. The summed E-state index contributed by atoms with van der Waals surface area (Å²) in [7, 11) is 0. The lowest BCUT2D eigenvalue weighted by molar-refractivity contribution is 0.514. The van der Waals surface area contributed by atoms with Crippen molar-refractivity contribution in [1.29, 1.82) is 0 Å². The van der Waals surface area contributed by atoms with Gasteiger partial charge in [0.25, 0.3) is 0 Å². The van der Waals surface area contributed by atoms with Gasteiger partial charge in [0.1, 0.15) is 5.52 Å². The Morgan fingerprint density at radius 2 is 1.95 bits per heavy atom. The number of nitrogens with one attached hydrogen (secondary N) is 1. The summed E-state index contributed by atoms with van der Waals surface area (Å²) in [5, 5.41) is 0.527. The van der Waals surface area contributed by atoms with E-state index in [9.17, 15) is 8.78 Å². The minimum atomic E-state index is -0.948. The third-order valence-corrected chi connectivity index (χ3v) is 4.04. The molecule has 102 valence electrons. The van der Waals surface area contributed by atoms with E-state index >= 15 is 0 Å². The van der Waals surface area contributed by atoms with Crippen molar-refractivity contribution in [2.75, 3.05) is 0 Å². The number of aromatic nitrogens is 2. The van der Waals surface area contributed by atoms with Crippen LogP contribution >= 0.6 is 39.7 Å². The maximum absolute atomic E-state index is 14.1. The molecule has 0 bridgehead atoms. The van der Waals surface area contributed by atoms with Crippen LogP contribution in [0.3, 0.4) is 0 Å². The molecule has 0 atom stereocenters. The third kappa shape index (κ3) is 2.08. The zero-order chi connectivity index (χ0) is 14.4. The average Bonchev–Trinajstić information content (AvgIpc) is 2.72. The van der Waals surface area contributed by atoms with E-state index in [1.165, 1.54) is 10.6 Å². The maximum Gasteiger partial charge on any atom is 0.184 e. The number of H-pyrrole nitrogens is 1. The number of imidazole rings is 1. The van der Waals surface area contributed by atoms with E-state index in [-0.39, 0.29) is 10.3 Å². The molecular weight excluding hydrogens is 370 g/mol. The van der Waals surface area contributed by atoms with E-state index in [4.69, 9.17) is 23.8 Å². The van der Waals surface area contributed by atoms with Crippen LogP contribution in [0.1, 0.15) is 0 Å². The molecule has 0 aliphatic carbocycles. The lowest BCUT2D eigenvalue weighted by Crippen LogP contribution is -1.98. The first-order chi connectivity index (χ1) is 9.49. The van der Waals surface area contributed by atoms with Crippen LogP contribution in [0.5, 0.6) is 0 Å². The lowest BCUT2D eigenvalue weighted by Gasteiger charge is -2.08. The molecular formula is C13H6BrClF2N2S. The van der Waals surface area contributed by atoms with Gasteiger partial charge in [-0.2, -0.15) is 0 Å². The fraction of sp³-hybridized carbons (Fsp3) is 0. The van der Waals surface area contributed by atoms with Crippen molar-refractivity contribution >= 4 is 50.8 Å². The van der Waals surface area contributed by atoms with Crippen molar-refractivity contribution in [3.8, 4) is 5.69 Å². The highest BCUT2D eigenvalue weighted by molar-refractivity contribution is 9.10. The molecule has 1 heterocycles. The second-order valence-corrected chi connectivity index (χ2v) is 5.80. The van der Waals surface area contributed by atoms with Crippen LogP contribution in [-0.2, 0) is 0 Å². The summed E-state index contributed by atoms with van der Waals surface area (Å²) >= 11 is 14.4. The highest BCUT2D eigenvalue weighted by Gasteiger charge is 2.16. The highest BCUT2D eigenvalue weighted by Crippen LogP contribution is 2.30. The standard InChI is InChI=1S/C13H6BrClF2N2S/c14-7-5-6(15)1-4-10(7)19-12-9(18-13(19)20)3-2-8(16)11(12)17/h1-5H,(H,18,20). The molecule has 0 radical (unpaired) electrons. The number of aromatic amines is 1. The van der Waals surface area contributed by atoms with Crippen molar-refractivity contribution < 1.29 is 8.78 Å². The molecule has 0 saturated heterocycles. The summed E-state index contributed by atoms with van der Waals surface area (Å²) < 4.78 is 29.8. The van der Waals surface area contributed by atoms with E-state index < -0.39 is 11.6 Å². The van der Waals surface area contributed by atoms with E-state index in [1.54, 1.807) is 18.2 Å². The van der Waals surface area contributed by atoms with E-state index in [0.29, 0.717) is 20.7 Å². The van der Waals surface area contributed by atoms with Gasteiger partial charge in [-0.1, -0.05) is 11.6 Å². The molecule has 1 N–H and O–H groups in total. The number of rotatable bonds is 1. The van der Waals surface area contributed by atoms with Crippen LogP contribution in [-0.4, -0.2) is 9.55 Å². The second-order valence-electron chi connectivity index (χ2n) is 4.12. The van der Waals surface area contributed by atoms with Crippen molar-refractivity contribution in [3.05, 3.63) is 56.2 Å². The lowest BCUT2D eigenvalue weighted by atomic mass is 10.2. The fourth-order valence-electron chi connectivity index (χ4n) is 2.02. The van der Waals surface area contributed by atoms with E-state index in [1.807, 2.05) is 0 Å². The summed E-state index contributed by atoms with van der Waals surface area (Å²) in [6.45, 7) is 0. The summed E-state index contributed by atoms with van der Waals surface area (Å²) in [4.78, 5) is 2.85. The molecule has 2 aromatic carbocycles. The molecule has 7 heteroatoms. The minimum Gasteiger partial charge on any atom is -0.330 e. The van der Waals surface area contributed by atoms with Crippen LogP contribution < -0.4 is 0 Å². The summed E-state index contributed by atoms with van der Waals surface area (Å²) in [5.74, 6) is -1.87. The number of nitrogens with zero attached hydrogens (tertiary/aromatic N) is 1. The highest BCUT2D eigenvalue weighted by atomic mass is 79.9. The number of benzene rings is 2. The second kappa shape index (κ2) is 4.95. The van der Waals surface area contributed by atoms with Crippen molar-refractivity contribution in [2.45, 2.75) is 0 Å². The zero-order valence-corrected chi connectivity index (χ0v) is 12.9. The Hall–Kier alpha value is -1.24. The minimum absolute atomic E-state index is 0.0676. The first kappa shape index (κ1) is 13.7. The molecule has 0 fully saturated rings. The van der Waals surface area contributed by atoms with Crippen LogP contribution in [0.25, 0.3) is 16.7 Å². The SMILES string of the molecule is Fc1ccc2[nH]c(=S)n(-c3ccc(Cl)cc3Br)c2c1F. The third-order valence-electron chi connectivity index (χ3n) is 2.89.